The summed E-state index contributed by atoms with van der Waals surface area (Å²) >= 11 is 18.8. The quantitative estimate of drug-likeness (QED) is 0.247. The number of amides is 2. The van der Waals surface area contributed by atoms with Gasteiger partial charge in [-0.15, -0.1) is 0 Å². The van der Waals surface area contributed by atoms with E-state index in [-0.39, 0.29) is 34.1 Å². The van der Waals surface area contributed by atoms with E-state index in [2.05, 4.69) is 5.32 Å². The van der Waals surface area contributed by atoms with E-state index in [9.17, 15) is 18.0 Å². The molecule has 0 saturated carbocycles. The molecule has 0 bridgehead atoms. The maximum atomic E-state index is 14.1. The van der Waals surface area contributed by atoms with Gasteiger partial charge in [-0.2, -0.15) is 0 Å². The van der Waals surface area contributed by atoms with E-state index in [0.29, 0.717) is 28.5 Å². The van der Waals surface area contributed by atoms with Gasteiger partial charge in [-0.25, -0.2) is 8.42 Å². The molecule has 3 rings (SSSR count). The standard InChI is InChI=1S/C29H32Cl3N3O4S/c1-4-20(3)33-29(37)26(5-2)34(18-21-15-16-23(30)25(32)17-21)28(36)19-35(27-14-10-9-13-24(27)31)40(38,39)22-11-7-6-8-12-22/h6-17,20,26H,4-5,18-19H2,1-3H3,(H,33,37). The molecular weight excluding hydrogens is 593 g/mol. The van der Waals surface area contributed by atoms with E-state index in [1.54, 1.807) is 61.5 Å². The Morgan fingerprint density at radius 1 is 0.850 bits per heavy atom. The van der Waals surface area contributed by atoms with Crippen molar-refractivity contribution in [3.05, 3.63) is 93.4 Å². The Morgan fingerprint density at radius 2 is 1.50 bits per heavy atom. The average Bonchev–Trinajstić information content (AvgIpc) is 2.94. The van der Waals surface area contributed by atoms with Crippen LogP contribution in [0.2, 0.25) is 15.1 Å². The highest BCUT2D eigenvalue weighted by Crippen LogP contribution is 2.31. The van der Waals surface area contributed by atoms with Crippen molar-refractivity contribution in [2.24, 2.45) is 0 Å². The van der Waals surface area contributed by atoms with E-state index >= 15 is 0 Å². The van der Waals surface area contributed by atoms with Gasteiger partial charge in [0, 0.05) is 12.6 Å². The lowest BCUT2D eigenvalue weighted by Crippen LogP contribution is -2.53. The van der Waals surface area contributed by atoms with Crippen LogP contribution in [-0.4, -0.2) is 43.8 Å². The lowest BCUT2D eigenvalue weighted by molar-refractivity contribution is -0.140. The van der Waals surface area contributed by atoms with Crippen LogP contribution in [0.5, 0.6) is 0 Å². The van der Waals surface area contributed by atoms with Gasteiger partial charge in [0.05, 0.1) is 25.7 Å². The minimum Gasteiger partial charge on any atom is -0.352 e. The molecule has 0 spiro atoms. The zero-order valence-corrected chi connectivity index (χ0v) is 25.6. The first-order valence-corrected chi connectivity index (χ1v) is 15.4. The summed E-state index contributed by atoms with van der Waals surface area (Å²) in [6.45, 7) is 5.03. The number of anilines is 1. The van der Waals surface area contributed by atoms with E-state index in [0.717, 1.165) is 4.31 Å². The van der Waals surface area contributed by atoms with Gasteiger partial charge in [-0.05, 0) is 61.7 Å². The third-order valence-corrected chi connectivity index (χ3v) is 9.29. The van der Waals surface area contributed by atoms with Crippen LogP contribution < -0.4 is 9.62 Å². The van der Waals surface area contributed by atoms with Gasteiger partial charge in [0.2, 0.25) is 11.8 Å². The van der Waals surface area contributed by atoms with Gasteiger partial charge in [-0.3, -0.25) is 13.9 Å². The number of sulfonamides is 1. The van der Waals surface area contributed by atoms with Gasteiger partial charge in [0.15, 0.2) is 0 Å². The minimum atomic E-state index is -4.20. The maximum Gasteiger partial charge on any atom is 0.264 e. The Hall–Kier alpha value is -2.78. The molecule has 0 fully saturated rings. The van der Waals surface area contributed by atoms with Gasteiger partial charge in [0.1, 0.15) is 12.6 Å². The fraction of sp³-hybridized carbons (Fsp3) is 0.310. The van der Waals surface area contributed by atoms with Crippen molar-refractivity contribution >= 4 is 62.3 Å². The first-order chi connectivity index (χ1) is 19.0. The first kappa shape index (κ1) is 31.7. The molecule has 0 heterocycles. The Labute approximate surface area is 251 Å². The van der Waals surface area contributed by atoms with Crippen molar-refractivity contribution < 1.29 is 18.0 Å². The lowest BCUT2D eigenvalue weighted by atomic mass is 10.1. The SMILES string of the molecule is CCC(C)NC(=O)C(CC)N(Cc1ccc(Cl)c(Cl)c1)C(=O)CN(c1ccccc1Cl)S(=O)(=O)c1ccccc1. The van der Waals surface area contributed by atoms with Crippen molar-refractivity contribution in [2.75, 3.05) is 10.8 Å². The molecule has 0 saturated heterocycles. The van der Waals surface area contributed by atoms with Gasteiger partial charge >= 0.3 is 0 Å². The highest BCUT2D eigenvalue weighted by atomic mass is 35.5. The molecule has 214 valence electrons. The van der Waals surface area contributed by atoms with Gasteiger partial charge < -0.3 is 10.2 Å². The zero-order valence-electron chi connectivity index (χ0n) is 22.5. The predicted molar refractivity (Wildman–Crippen MR) is 161 cm³/mol. The molecule has 0 aromatic heterocycles. The molecule has 0 aliphatic carbocycles. The molecule has 3 aromatic carbocycles. The van der Waals surface area contributed by atoms with E-state index in [1.165, 1.54) is 23.1 Å². The summed E-state index contributed by atoms with van der Waals surface area (Å²) in [4.78, 5) is 28.8. The number of halogens is 3. The molecule has 2 amide bonds. The molecule has 2 unspecified atom stereocenters. The molecule has 0 radical (unpaired) electrons. The van der Waals surface area contributed by atoms with Gasteiger partial charge in [-0.1, -0.05) is 85.0 Å². The molecule has 40 heavy (non-hydrogen) atoms. The normalized spacial score (nSPS) is 12.8. The summed E-state index contributed by atoms with van der Waals surface area (Å²) in [5.74, 6) is -0.919. The maximum absolute atomic E-state index is 14.1. The number of hydrogen-bond donors (Lipinski definition) is 1. The Kier molecular flexibility index (Phi) is 11.3. The number of para-hydroxylation sites is 1. The molecule has 2 atom stereocenters. The molecule has 0 aliphatic heterocycles. The smallest absolute Gasteiger partial charge is 0.264 e. The predicted octanol–water partition coefficient (Wildman–Crippen LogP) is 6.56. The second-order valence-electron chi connectivity index (χ2n) is 9.29. The zero-order chi connectivity index (χ0) is 29.4. The third kappa shape index (κ3) is 7.69. The van der Waals surface area contributed by atoms with Crippen LogP contribution >= 0.6 is 34.8 Å². The molecule has 7 nitrogen and oxygen atoms in total. The van der Waals surface area contributed by atoms with Crippen LogP contribution in [0.25, 0.3) is 0 Å². The second kappa shape index (κ2) is 14.2. The monoisotopic (exact) mass is 623 g/mol. The average molecular weight is 625 g/mol. The summed E-state index contributed by atoms with van der Waals surface area (Å²) < 4.78 is 28.6. The Bertz CT molecular complexity index is 1440. The molecule has 3 aromatic rings. The summed E-state index contributed by atoms with van der Waals surface area (Å²) in [7, 11) is -4.20. The number of carbonyl (C=O) groups excluding carboxylic acids is 2. The number of carbonyl (C=O) groups is 2. The third-order valence-electron chi connectivity index (χ3n) is 6.46. The summed E-state index contributed by atoms with van der Waals surface area (Å²) in [6.07, 6.45) is 1.01. The number of hydrogen-bond acceptors (Lipinski definition) is 4. The molecule has 11 heteroatoms. The lowest BCUT2D eigenvalue weighted by Gasteiger charge is -2.34. The number of benzene rings is 3. The fourth-order valence-corrected chi connectivity index (χ4v) is 6.14. The van der Waals surface area contributed by atoms with Crippen LogP contribution in [0.15, 0.2) is 77.7 Å². The van der Waals surface area contributed by atoms with Crippen molar-refractivity contribution in [2.45, 2.75) is 57.1 Å². The van der Waals surface area contributed by atoms with E-state index < -0.39 is 28.5 Å². The topological polar surface area (TPSA) is 86.8 Å². The number of rotatable bonds is 12. The molecule has 0 aliphatic rings. The van der Waals surface area contributed by atoms with Gasteiger partial charge in [0.25, 0.3) is 10.0 Å². The Morgan fingerprint density at radius 3 is 2.10 bits per heavy atom. The highest BCUT2D eigenvalue weighted by Gasteiger charge is 2.34. The van der Waals surface area contributed by atoms with Crippen LogP contribution in [0.1, 0.15) is 39.2 Å². The number of nitrogens with zero attached hydrogens (tertiary/aromatic N) is 2. The number of nitrogens with one attached hydrogen (secondary N) is 1. The Balaban J connectivity index is 2.07. The van der Waals surface area contributed by atoms with Crippen LogP contribution in [0.3, 0.4) is 0 Å². The van der Waals surface area contributed by atoms with Crippen molar-refractivity contribution in [3.63, 3.8) is 0 Å². The molecule has 1 N–H and O–H groups in total. The summed E-state index contributed by atoms with van der Waals surface area (Å²) in [5, 5.41) is 3.75. The van der Waals surface area contributed by atoms with Crippen LogP contribution in [-0.2, 0) is 26.2 Å². The largest absolute Gasteiger partial charge is 0.352 e. The summed E-state index contributed by atoms with van der Waals surface area (Å²) in [5.41, 5.74) is 0.778. The summed E-state index contributed by atoms with van der Waals surface area (Å²) in [6, 6.07) is 18.2. The van der Waals surface area contributed by atoms with Crippen molar-refractivity contribution in [1.29, 1.82) is 0 Å². The van der Waals surface area contributed by atoms with Crippen LogP contribution in [0.4, 0.5) is 5.69 Å². The second-order valence-corrected chi connectivity index (χ2v) is 12.4. The highest BCUT2D eigenvalue weighted by molar-refractivity contribution is 7.92. The fourth-order valence-electron chi connectivity index (χ4n) is 4.08. The van der Waals surface area contributed by atoms with Crippen LogP contribution in [0, 0.1) is 0 Å². The first-order valence-electron chi connectivity index (χ1n) is 12.9. The van der Waals surface area contributed by atoms with E-state index in [1.807, 2.05) is 13.8 Å². The van der Waals surface area contributed by atoms with Crippen molar-refractivity contribution in [3.8, 4) is 0 Å². The van der Waals surface area contributed by atoms with Crippen molar-refractivity contribution in [1.82, 2.24) is 10.2 Å². The minimum absolute atomic E-state index is 0.000285. The van der Waals surface area contributed by atoms with E-state index in [4.69, 9.17) is 34.8 Å². The molecular formula is C29H32Cl3N3O4S.